The lowest BCUT2D eigenvalue weighted by molar-refractivity contribution is 0.414. The first-order valence-corrected chi connectivity index (χ1v) is 9.10. The maximum absolute atomic E-state index is 12.7. The van der Waals surface area contributed by atoms with Crippen molar-refractivity contribution in [2.24, 2.45) is 0 Å². The van der Waals surface area contributed by atoms with Gasteiger partial charge in [0.25, 0.3) is 0 Å². The Morgan fingerprint density at radius 2 is 1.87 bits per heavy atom. The Morgan fingerprint density at radius 3 is 2.57 bits per heavy atom. The van der Waals surface area contributed by atoms with Crippen molar-refractivity contribution >= 4 is 32.8 Å². The van der Waals surface area contributed by atoms with E-state index in [1.54, 1.807) is 38.3 Å². The summed E-state index contributed by atoms with van der Waals surface area (Å²) in [6, 6.07) is 11.8. The molecular formula is C15H15N3O3S2. The van der Waals surface area contributed by atoms with Gasteiger partial charge in [0, 0.05) is 6.04 Å². The van der Waals surface area contributed by atoms with Crippen LogP contribution in [0.4, 0.5) is 0 Å². The normalized spacial score (nSPS) is 13.1. The highest BCUT2D eigenvalue weighted by Crippen LogP contribution is 2.24. The number of benzene rings is 2. The van der Waals surface area contributed by atoms with Crippen molar-refractivity contribution < 1.29 is 13.2 Å². The largest absolute Gasteiger partial charge is 0.497 e. The molecule has 3 aromatic rings. The Hall–Kier alpha value is -2.03. The standard InChI is InChI=1S/C15H15N3O3S2/c1-10(11-6-8-12(21-2)9-7-11)18-23(19,20)14-5-3-4-13-15(14)17-22-16-13/h3-10,18H,1-2H3. The Labute approximate surface area is 138 Å². The second-order valence-corrected chi connectivity index (χ2v) is 7.22. The summed E-state index contributed by atoms with van der Waals surface area (Å²) in [5, 5.41) is 0. The summed E-state index contributed by atoms with van der Waals surface area (Å²) in [4.78, 5) is 0.143. The molecule has 1 atom stereocenters. The molecule has 1 aromatic heterocycles. The zero-order chi connectivity index (χ0) is 16.4. The van der Waals surface area contributed by atoms with E-state index in [9.17, 15) is 8.42 Å². The van der Waals surface area contributed by atoms with Gasteiger partial charge in [-0.3, -0.25) is 0 Å². The molecule has 0 bridgehead atoms. The molecule has 0 aliphatic rings. The molecule has 1 N–H and O–H groups in total. The van der Waals surface area contributed by atoms with Crippen LogP contribution in [-0.2, 0) is 10.0 Å². The second-order valence-electron chi connectivity index (χ2n) is 5.00. The Bertz CT molecular complexity index is 921. The van der Waals surface area contributed by atoms with E-state index < -0.39 is 10.0 Å². The molecule has 8 heteroatoms. The number of hydrogen-bond donors (Lipinski definition) is 1. The Balaban J connectivity index is 1.89. The van der Waals surface area contributed by atoms with Gasteiger partial charge >= 0.3 is 0 Å². The van der Waals surface area contributed by atoms with Crippen LogP contribution in [0.25, 0.3) is 11.0 Å². The fourth-order valence-electron chi connectivity index (χ4n) is 2.26. The first-order chi connectivity index (χ1) is 11.0. The van der Waals surface area contributed by atoms with Crippen LogP contribution >= 0.6 is 11.7 Å². The SMILES string of the molecule is COc1ccc(C(C)NS(=O)(=O)c2cccc3nsnc23)cc1. The molecule has 0 aliphatic carbocycles. The molecule has 2 aromatic carbocycles. The first kappa shape index (κ1) is 15.9. The highest BCUT2D eigenvalue weighted by atomic mass is 32.2. The maximum atomic E-state index is 12.7. The molecule has 1 heterocycles. The predicted octanol–water partition coefficient (Wildman–Crippen LogP) is 2.74. The number of ether oxygens (including phenoxy) is 1. The van der Waals surface area contributed by atoms with Gasteiger partial charge in [-0.25, -0.2) is 13.1 Å². The number of hydrogen-bond acceptors (Lipinski definition) is 6. The zero-order valence-electron chi connectivity index (χ0n) is 12.6. The molecule has 0 spiro atoms. The molecule has 1 unspecified atom stereocenters. The van der Waals surface area contributed by atoms with Gasteiger partial charge in [0.15, 0.2) is 0 Å². The summed E-state index contributed by atoms with van der Waals surface area (Å²) in [6.45, 7) is 1.79. The Kier molecular flexibility index (Phi) is 4.29. The van der Waals surface area contributed by atoms with E-state index >= 15 is 0 Å². The second kappa shape index (κ2) is 6.23. The van der Waals surface area contributed by atoms with E-state index in [0.29, 0.717) is 11.0 Å². The molecule has 0 radical (unpaired) electrons. The number of sulfonamides is 1. The third-order valence-electron chi connectivity index (χ3n) is 3.49. The third kappa shape index (κ3) is 3.19. The monoisotopic (exact) mass is 349 g/mol. The molecule has 0 saturated carbocycles. The van der Waals surface area contributed by atoms with Crippen molar-refractivity contribution in [1.29, 1.82) is 0 Å². The van der Waals surface area contributed by atoms with Gasteiger partial charge in [0.05, 0.1) is 18.8 Å². The Morgan fingerprint density at radius 1 is 1.13 bits per heavy atom. The van der Waals surface area contributed by atoms with Crippen LogP contribution in [0, 0.1) is 0 Å². The van der Waals surface area contributed by atoms with E-state index in [-0.39, 0.29) is 10.9 Å². The van der Waals surface area contributed by atoms with Gasteiger partial charge < -0.3 is 4.74 Å². The average Bonchev–Trinajstić information content (AvgIpc) is 3.02. The van der Waals surface area contributed by atoms with Gasteiger partial charge in [-0.2, -0.15) is 8.75 Å². The van der Waals surface area contributed by atoms with E-state index in [1.165, 1.54) is 6.07 Å². The third-order valence-corrected chi connectivity index (χ3v) is 5.60. The van der Waals surface area contributed by atoms with Crippen molar-refractivity contribution in [1.82, 2.24) is 13.5 Å². The predicted molar refractivity (Wildman–Crippen MR) is 89.1 cm³/mol. The zero-order valence-corrected chi connectivity index (χ0v) is 14.2. The lowest BCUT2D eigenvalue weighted by Gasteiger charge is -2.15. The lowest BCUT2D eigenvalue weighted by atomic mass is 10.1. The number of nitrogens with one attached hydrogen (secondary N) is 1. The smallest absolute Gasteiger partial charge is 0.243 e. The molecule has 0 saturated heterocycles. The number of methoxy groups -OCH3 is 1. The number of rotatable bonds is 5. The fourth-order valence-corrected chi connectivity index (χ4v) is 4.25. The van der Waals surface area contributed by atoms with Gasteiger partial charge in [0.2, 0.25) is 10.0 Å². The minimum atomic E-state index is -3.70. The molecule has 3 rings (SSSR count). The van der Waals surface area contributed by atoms with E-state index in [4.69, 9.17) is 4.74 Å². The number of nitrogens with zero attached hydrogens (tertiary/aromatic N) is 2. The van der Waals surface area contributed by atoms with Crippen molar-refractivity contribution in [3.05, 3.63) is 48.0 Å². The van der Waals surface area contributed by atoms with Crippen LogP contribution in [0.5, 0.6) is 5.75 Å². The summed E-state index contributed by atoms with van der Waals surface area (Å²) in [5.41, 5.74) is 1.82. The minimum Gasteiger partial charge on any atom is -0.497 e. The van der Waals surface area contributed by atoms with Crippen molar-refractivity contribution in [3.63, 3.8) is 0 Å². The van der Waals surface area contributed by atoms with Gasteiger partial charge in [-0.05, 0) is 36.8 Å². The molecule has 23 heavy (non-hydrogen) atoms. The topological polar surface area (TPSA) is 81.2 Å². The summed E-state index contributed by atoms with van der Waals surface area (Å²) in [7, 11) is -2.11. The van der Waals surface area contributed by atoms with Crippen LogP contribution < -0.4 is 9.46 Å². The first-order valence-electron chi connectivity index (χ1n) is 6.89. The maximum Gasteiger partial charge on any atom is 0.243 e. The summed E-state index contributed by atoms with van der Waals surface area (Å²) in [6.07, 6.45) is 0. The van der Waals surface area contributed by atoms with Crippen LogP contribution in [0.1, 0.15) is 18.5 Å². The van der Waals surface area contributed by atoms with Crippen LogP contribution in [0.3, 0.4) is 0 Å². The molecule has 6 nitrogen and oxygen atoms in total. The van der Waals surface area contributed by atoms with Crippen LogP contribution in [-0.4, -0.2) is 24.3 Å². The van der Waals surface area contributed by atoms with Gasteiger partial charge in [-0.1, -0.05) is 18.2 Å². The molecule has 0 amide bonds. The van der Waals surface area contributed by atoms with E-state index in [1.807, 2.05) is 12.1 Å². The fraction of sp³-hybridized carbons (Fsp3) is 0.200. The van der Waals surface area contributed by atoms with Crippen LogP contribution in [0.15, 0.2) is 47.4 Å². The van der Waals surface area contributed by atoms with Crippen LogP contribution in [0.2, 0.25) is 0 Å². The van der Waals surface area contributed by atoms with Gasteiger partial charge in [-0.15, -0.1) is 0 Å². The summed E-state index contributed by atoms with van der Waals surface area (Å²) < 4.78 is 41.2. The lowest BCUT2D eigenvalue weighted by Crippen LogP contribution is -2.27. The highest BCUT2D eigenvalue weighted by molar-refractivity contribution is 7.89. The molecule has 0 fully saturated rings. The highest BCUT2D eigenvalue weighted by Gasteiger charge is 2.22. The molecule has 0 aliphatic heterocycles. The quantitative estimate of drug-likeness (QED) is 0.766. The van der Waals surface area contributed by atoms with E-state index in [2.05, 4.69) is 13.5 Å². The minimum absolute atomic E-state index is 0.143. The summed E-state index contributed by atoms with van der Waals surface area (Å²) >= 11 is 0.996. The van der Waals surface area contributed by atoms with Gasteiger partial charge in [0.1, 0.15) is 21.7 Å². The van der Waals surface area contributed by atoms with Crippen molar-refractivity contribution in [2.45, 2.75) is 17.9 Å². The number of fused-ring (bicyclic) bond motifs is 1. The van der Waals surface area contributed by atoms with E-state index in [0.717, 1.165) is 23.0 Å². The molecule has 120 valence electrons. The molecular weight excluding hydrogens is 334 g/mol. The number of aromatic nitrogens is 2. The average molecular weight is 349 g/mol. The summed E-state index contributed by atoms with van der Waals surface area (Å²) in [5.74, 6) is 0.724. The van der Waals surface area contributed by atoms with Crippen molar-refractivity contribution in [2.75, 3.05) is 7.11 Å². The van der Waals surface area contributed by atoms with Crippen molar-refractivity contribution in [3.8, 4) is 5.75 Å².